The van der Waals surface area contributed by atoms with E-state index in [1.165, 1.54) is 24.8 Å². The van der Waals surface area contributed by atoms with Gasteiger partial charge in [-0.2, -0.15) is 0 Å². The summed E-state index contributed by atoms with van der Waals surface area (Å²) in [4.78, 5) is 0. The second-order valence-corrected chi connectivity index (χ2v) is 5.26. The molecule has 1 aromatic rings. The van der Waals surface area contributed by atoms with Crippen molar-refractivity contribution in [3.8, 4) is 0 Å². The Bertz CT molecular complexity index is 426. The highest BCUT2D eigenvalue weighted by Gasteiger charge is 2.18. The SMILES string of the molecule is CNC(C1=CCCCC1)c1ccc(Cl)cc1Cl. The topological polar surface area (TPSA) is 12.0 Å². The summed E-state index contributed by atoms with van der Waals surface area (Å²) in [6.45, 7) is 0. The van der Waals surface area contributed by atoms with E-state index in [0.29, 0.717) is 5.02 Å². The third kappa shape index (κ3) is 3.04. The molecule has 0 radical (unpaired) electrons. The quantitative estimate of drug-likeness (QED) is 0.781. The van der Waals surface area contributed by atoms with Crippen molar-refractivity contribution in [1.82, 2.24) is 5.32 Å². The fourth-order valence-electron chi connectivity index (χ4n) is 2.40. The monoisotopic (exact) mass is 269 g/mol. The highest BCUT2D eigenvalue weighted by atomic mass is 35.5. The number of nitrogens with one attached hydrogen (secondary N) is 1. The molecule has 1 aromatic carbocycles. The van der Waals surface area contributed by atoms with E-state index in [0.717, 1.165) is 17.0 Å². The van der Waals surface area contributed by atoms with Crippen LogP contribution in [0.1, 0.15) is 37.3 Å². The first kappa shape index (κ1) is 12.9. The minimum absolute atomic E-state index is 0.222. The largest absolute Gasteiger partial charge is 0.310 e. The zero-order valence-corrected chi connectivity index (χ0v) is 11.5. The first-order chi connectivity index (χ1) is 8.22. The van der Waals surface area contributed by atoms with Crippen LogP contribution in [-0.4, -0.2) is 7.05 Å². The molecule has 1 unspecified atom stereocenters. The Morgan fingerprint density at radius 3 is 2.65 bits per heavy atom. The highest BCUT2D eigenvalue weighted by molar-refractivity contribution is 6.35. The number of hydrogen-bond donors (Lipinski definition) is 1. The Labute approximate surface area is 113 Å². The Hall–Kier alpha value is -0.500. The average Bonchev–Trinajstić information content (AvgIpc) is 2.34. The van der Waals surface area contributed by atoms with E-state index in [2.05, 4.69) is 11.4 Å². The summed E-state index contributed by atoms with van der Waals surface area (Å²) in [5.41, 5.74) is 2.56. The van der Waals surface area contributed by atoms with Crippen LogP contribution in [0.15, 0.2) is 29.8 Å². The number of allylic oxidation sites excluding steroid dienone is 1. The minimum atomic E-state index is 0.222. The summed E-state index contributed by atoms with van der Waals surface area (Å²) in [5.74, 6) is 0. The number of rotatable bonds is 3. The average molecular weight is 270 g/mol. The second kappa shape index (κ2) is 5.90. The predicted molar refractivity (Wildman–Crippen MR) is 74.8 cm³/mol. The van der Waals surface area contributed by atoms with Gasteiger partial charge in [0.2, 0.25) is 0 Å². The third-order valence-electron chi connectivity index (χ3n) is 3.26. The Morgan fingerprint density at radius 1 is 1.24 bits per heavy atom. The molecule has 0 bridgehead atoms. The molecule has 1 atom stereocenters. The van der Waals surface area contributed by atoms with E-state index in [1.54, 1.807) is 0 Å². The summed E-state index contributed by atoms with van der Waals surface area (Å²) in [5, 5.41) is 4.78. The van der Waals surface area contributed by atoms with Gasteiger partial charge >= 0.3 is 0 Å². The Morgan fingerprint density at radius 2 is 2.06 bits per heavy atom. The van der Waals surface area contributed by atoms with Crippen molar-refractivity contribution in [2.24, 2.45) is 0 Å². The Balaban J connectivity index is 2.31. The van der Waals surface area contributed by atoms with Crippen molar-refractivity contribution in [3.63, 3.8) is 0 Å². The first-order valence-electron chi connectivity index (χ1n) is 6.03. The van der Waals surface area contributed by atoms with Crippen molar-refractivity contribution in [3.05, 3.63) is 45.5 Å². The van der Waals surface area contributed by atoms with E-state index in [-0.39, 0.29) is 6.04 Å². The molecule has 2 rings (SSSR count). The van der Waals surface area contributed by atoms with Crippen LogP contribution >= 0.6 is 23.2 Å². The normalized spacial score (nSPS) is 17.7. The first-order valence-corrected chi connectivity index (χ1v) is 6.79. The van der Waals surface area contributed by atoms with Crippen molar-refractivity contribution >= 4 is 23.2 Å². The van der Waals surface area contributed by atoms with Gasteiger partial charge in [0.25, 0.3) is 0 Å². The van der Waals surface area contributed by atoms with E-state index in [4.69, 9.17) is 23.2 Å². The van der Waals surface area contributed by atoms with Gasteiger partial charge in [-0.25, -0.2) is 0 Å². The number of hydrogen-bond acceptors (Lipinski definition) is 1. The standard InChI is InChI=1S/C14H17Cl2N/c1-17-14(10-5-3-2-4-6-10)12-8-7-11(15)9-13(12)16/h5,7-9,14,17H,2-4,6H2,1H3. The molecule has 0 saturated heterocycles. The molecule has 1 nitrogen and oxygen atoms in total. The molecule has 1 aliphatic carbocycles. The van der Waals surface area contributed by atoms with Crippen LogP contribution < -0.4 is 5.32 Å². The lowest BCUT2D eigenvalue weighted by molar-refractivity contribution is 0.593. The molecule has 0 amide bonds. The lowest BCUT2D eigenvalue weighted by atomic mass is 9.90. The molecule has 0 fully saturated rings. The minimum Gasteiger partial charge on any atom is -0.310 e. The van der Waals surface area contributed by atoms with Crippen LogP contribution in [0.5, 0.6) is 0 Å². The molecule has 0 aromatic heterocycles. The summed E-state index contributed by atoms with van der Waals surface area (Å²) < 4.78 is 0. The number of likely N-dealkylation sites (N-methyl/N-ethyl adjacent to an activating group) is 1. The third-order valence-corrected chi connectivity index (χ3v) is 3.82. The van der Waals surface area contributed by atoms with Crippen LogP contribution in [0.4, 0.5) is 0 Å². The molecule has 0 heterocycles. The van der Waals surface area contributed by atoms with Gasteiger partial charge in [-0.05, 0) is 50.4 Å². The van der Waals surface area contributed by atoms with Gasteiger partial charge in [0.1, 0.15) is 0 Å². The lowest BCUT2D eigenvalue weighted by Crippen LogP contribution is -2.20. The Kier molecular flexibility index (Phi) is 4.49. The zero-order valence-electron chi connectivity index (χ0n) is 9.97. The van der Waals surface area contributed by atoms with E-state index in [1.807, 2.05) is 25.2 Å². The maximum atomic E-state index is 6.27. The molecule has 17 heavy (non-hydrogen) atoms. The number of halogens is 2. The fraction of sp³-hybridized carbons (Fsp3) is 0.429. The molecule has 0 spiro atoms. The van der Waals surface area contributed by atoms with E-state index in [9.17, 15) is 0 Å². The highest BCUT2D eigenvalue weighted by Crippen LogP contribution is 2.34. The summed E-state index contributed by atoms with van der Waals surface area (Å²) in [6.07, 6.45) is 7.25. The number of benzene rings is 1. The summed E-state index contributed by atoms with van der Waals surface area (Å²) >= 11 is 12.2. The molecule has 92 valence electrons. The van der Waals surface area contributed by atoms with Crippen molar-refractivity contribution in [2.45, 2.75) is 31.7 Å². The summed E-state index contributed by atoms with van der Waals surface area (Å²) in [7, 11) is 1.98. The molecular weight excluding hydrogens is 253 g/mol. The molecule has 0 saturated carbocycles. The predicted octanol–water partition coefficient (Wildman–Crippen LogP) is 4.75. The van der Waals surface area contributed by atoms with E-state index < -0.39 is 0 Å². The van der Waals surface area contributed by atoms with Gasteiger partial charge in [0, 0.05) is 10.0 Å². The molecular formula is C14H17Cl2N. The second-order valence-electron chi connectivity index (χ2n) is 4.41. The van der Waals surface area contributed by atoms with Gasteiger partial charge < -0.3 is 5.32 Å². The van der Waals surface area contributed by atoms with Gasteiger partial charge in [-0.1, -0.05) is 40.9 Å². The van der Waals surface area contributed by atoms with Crippen molar-refractivity contribution in [2.75, 3.05) is 7.05 Å². The van der Waals surface area contributed by atoms with Crippen LogP contribution in [0.3, 0.4) is 0 Å². The zero-order chi connectivity index (χ0) is 12.3. The van der Waals surface area contributed by atoms with Gasteiger partial charge in [-0.3, -0.25) is 0 Å². The van der Waals surface area contributed by atoms with Crippen LogP contribution in [0.25, 0.3) is 0 Å². The van der Waals surface area contributed by atoms with Crippen LogP contribution in [0, 0.1) is 0 Å². The smallest absolute Gasteiger partial charge is 0.0548 e. The molecule has 1 N–H and O–H groups in total. The molecule has 3 heteroatoms. The maximum Gasteiger partial charge on any atom is 0.0548 e. The van der Waals surface area contributed by atoms with Crippen molar-refractivity contribution in [1.29, 1.82) is 0 Å². The summed E-state index contributed by atoms with van der Waals surface area (Å²) in [6, 6.07) is 5.95. The molecule has 0 aliphatic heterocycles. The lowest BCUT2D eigenvalue weighted by Gasteiger charge is -2.24. The van der Waals surface area contributed by atoms with Crippen molar-refractivity contribution < 1.29 is 0 Å². The maximum absolute atomic E-state index is 6.27. The van der Waals surface area contributed by atoms with Crippen LogP contribution in [-0.2, 0) is 0 Å². The van der Waals surface area contributed by atoms with E-state index >= 15 is 0 Å². The van der Waals surface area contributed by atoms with Gasteiger partial charge in [0.15, 0.2) is 0 Å². The van der Waals surface area contributed by atoms with Gasteiger partial charge in [-0.15, -0.1) is 0 Å². The molecule has 1 aliphatic rings. The van der Waals surface area contributed by atoms with Crippen LogP contribution in [0.2, 0.25) is 10.0 Å². The van der Waals surface area contributed by atoms with Gasteiger partial charge in [0.05, 0.1) is 6.04 Å². The fourth-order valence-corrected chi connectivity index (χ4v) is 2.92.